The number of rotatable bonds is 6. The maximum absolute atomic E-state index is 12.3. The minimum Gasteiger partial charge on any atom is -0.399 e. The molecule has 0 spiro atoms. The highest BCUT2D eigenvalue weighted by Crippen LogP contribution is 2.18. The largest absolute Gasteiger partial charge is 0.399 e. The molecular weight excluding hydrogens is 264 g/mol. The molecule has 1 amide bonds. The second kappa shape index (κ2) is 8.03. The predicted octanol–water partition coefficient (Wildman–Crippen LogP) is 2.97. The Labute approximate surface area is 127 Å². The molecule has 0 bridgehead atoms. The summed E-state index contributed by atoms with van der Waals surface area (Å²) in [5, 5.41) is 0. The van der Waals surface area contributed by atoms with Crippen LogP contribution in [0.5, 0.6) is 0 Å². The van der Waals surface area contributed by atoms with E-state index in [4.69, 9.17) is 10.5 Å². The summed E-state index contributed by atoms with van der Waals surface area (Å²) in [5.41, 5.74) is 7.56. The standard InChI is InChI=1S/C17H26N2O2/c1-2-19(13-14-6-8-15(18)9-7-14)17(20)11-10-16-5-3-4-12-21-16/h6-9,16H,2-5,10-13,18H2,1H3. The lowest BCUT2D eigenvalue weighted by molar-refractivity contribution is -0.132. The Hall–Kier alpha value is -1.55. The highest BCUT2D eigenvalue weighted by Gasteiger charge is 2.18. The summed E-state index contributed by atoms with van der Waals surface area (Å²) < 4.78 is 5.69. The van der Waals surface area contributed by atoms with E-state index in [-0.39, 0.29) is 12.0 Å². The van der Waals surface area contributed by atoms with Gasteiger partial charge < -0.3 is 15.4 Å². The molecule has 1 heterocycles. The van der Waals surface area contributed by atoms with E-state index in [0.29, 0.717) is 13.0 Å². The maximum atomic E-state index is 12.3. The highest BCUT2D eigenvalue weighted by atomic mass is 16.5. The van der Waals surface area contributed by atoms with Crippen LogP contribution in [0.4, 0.5) is 5.69 Å². The maximum Gasteiger partial charge on any atom is 0.222 e. The SMILES string of the molecule is CCN(Cc1ccc(N)cc1)C(=O)CCC1CCCCO1. The quantitative estimate of drug-likeness (QED) is 0.819. The van der Waals surface area contributed by atoms with Crippen molar-refractivity contribution >= 4 is 11.6 Å². The Kier molecular flexibility index (Phi) is 6.05. The molecule has 116 valence electrons. The first-order valence-electron chi connectivity index (χ1n) is 7.93. The van der Waals surface area contributed by atoms with Crippen molar-refractivity contribution in [2.24, 2.45) is 0 Å². The molecule has 4 nitrogen and oxygen atoms in total. The molecule has 2 rings (SSSR count). The van der Waals surface area contributed by atoms with Crippen LogP contribution < -0.4 is 5.73 Å². The van der Waals surface area contributed by atoms with Crippen LogP contribution in [-0.2, 0) is 16.1 Å². The van der Waals surface area contributed by atoms with E-state index < -0.39 is 0 Å². The molecule has 0 aliphatic carbocycles. The number of anilines is 1. The van der Waals surface area contributed by atoms with Crippen LogP contribution >= 0.6 is 0 Å². The van der Waals surface area contributed by atoms with E-state index in [1.807, 2.05) is 36.1 Å². The summed E-state index contributed by atoms with van der Waals surface area (Å²) in [6, 6.07) is 7.72. The van der Waals surface area contributed by atoms with Crippen molar-refractivity contribution in [1.82, 2.24) is 4.90 Å². The molecule has 1 unspecified atom stereocenters. The van der Waals surface area contributed by atoms with Crippen LogP contribution in [0, 0.1) is 0 Å². The summed E-state index contributed by atoms with van der Waals surface area (Å²) in [5.74, 6) is 0.212. The molecule has 2 N–H and O–H groups in total. The number of nitrogens with zero attached hydrogens (tertiary/aromatic N) is 1. The van der Waals surface area contributed by atoms with Gasteiger partial charge in [-0.2, -0.15) is 0 Å². The van der Waals surface area contributed by atoms with E-state index in [0.717, 1.165) is 43.7 Å². The van der Waals surface area contributed by atoms with Gasteiger partial charge in [-0.25, -0.2) is 0 Å². The number of ether oxygens (including phenoxy) is 1. The van der Waals surface area contributed by atoms with Crippen LogP contribution in [0.15, 0.2) is 24.3 Å². The van der Waals surface area contributed by atoms with E-state index in [9.17, 15) is 4.79 Å². The number of nitrogen functional groups attached to an aromatic ring is 1. The highest BCUT2D eigenvalue weighted by molar-refractivity contribution is 5.76. The molecule has 0 aromatic heterocycles. The van der Waals surface area contributed by atoms with Gasteiger partial charge in [0.15, 0.2) is 0 Å². The van der Waals surface area contributed by atoms with Crippen molar-refractivity contribution in [2.45, 2.75) is 51.7 Å². The van der Waals surface area contributed by atoms with Crippen molar-refractivity contribution in [2.75, 3.05) is 18.9 Å². The van der Waals surface area contributed by atoms with Crippen molar-refractivity contribution in [3.63, 3.8) is 0 Å². The van der Waals surface area contributed by atoms with Gasteiger partial charge in [-0.05, 0) is 50.3 Å². The molecule has 1 aliphatic rings. The molecule has 1 saturated heterocycles. The number of carbonyl (C=O) groups is 1. The first kappa shape index (κ1) is 15.8. The van der Waals surface area contributed by atoms with Crippen LogP contribution in [0.25, 0.3) is 0 Å². The van der Waals surface area contributed by atoms with Crippen molar-refractivity contribution in [3.8, 4) is 0 Å². The third kappa shape index (κ3) is 5.05. The lowest BCUT2D eigenvalue weighted by atomic mass is 10.0. The first-order valence-corrected chi connectivity index (χ1v) is 7.93. The van der Waals surface area contributed by atoms with Gasteiger partial charge in [0.25, 0.3) is 0 Å². The Morgan fingerprint density at radius 2 is 2.10 bits per heavy atom. The summed E-state index contributed by atoms with van der Waals surface area (Å²) >= 11 is 0. The van der Waals surface area contributed by atoms with Gasteiger partial charge in [0.2, 0.25) is 5.91 Å². The fraction of sp³-hybridized carbons (Fsp3) is 0.588. The zero-order valence-corrected chi connectivity index (χ0v) is 12.9. The monoisotopic (exact) mass is 290 g/mol. The number of nitrogens with two attached hydrogens (primary N) is 1. The van der Waals surface area contributed by atoms with Gasteiger partial charge in [-0.3, -0.25) is 4.79 Å². The molecule has 0 saturated carbocycles. The fourth-order valence-electron chi connectivity index (χ4n) is 2.70. The van der Waals surface area contributed by atoms with Crippen LogP contribution in [0.1, 0.15) is 44.6 Å². The third-order valence-corrected chi connectivity index (χ3v) is 4.04. The van der Waals surface area contributed by atoms with Gasteiger partial charge in [-0.1, -0.05) is 12.1 Å². The van der Waals surface area contributed by atoms with Crippen LogP contribution in [-0.4, -0.2) is 30.1 Å². The van der Waals surface area contributed by atoms with Crippen molar-refractivity contribution < 1.29 is 9.53 Å². The van der Waals surface area contributed by atoms with Crippen LogP contribution in [0.3, 0.4) is 0 Å². The Morgan fingerprint density at radius 3 is 2.71 bits per heavy atom. The predicted molar refractivity (Wildman–Crippen MR) is 84.8 cm³/mol. The number of benzene rings is 1. The molecule has 1 atom stereocenters. The number of hydrogen-bond donors (Lipinski definition) is 1. The molecule has 1 aliphatic heterocycles. The molecule has 4 heteroatoms. The summed E-state index contributed by atoms with van der Waals surface area (Å²) in [6.07, 6.45) is 5.17. The van der Waals surface area contributed by atoms with E-state index >= 15 is 0 Å². The molecule has 1 aromatic rings. The normalized spacial score (nSPS) is 18.4. The average molecular weight is 290 g/mol. The topological polar surface area (TPSA) is 55.6 Å². The molecule has 1 aromatic carbocycles. The van der Waals surface area contributed by atoms with Gasteiger partial charge in [0.05, 0.1) is 6.10 Å². The zero-order valence-electron chi connectivity index (χ0n) is 12.9. The number of carbonyl (C=O) groups excluding carboxylic acids is 1. The van der Waals surface area contributed by atoms with Gasteiger partial charge in [0.1, 0.15) is 0 Å². The first-order chi connectivity index (χ1) is 10.2. The smallest absolute Gasteiger partial charge is 0.222 e. The minimum absolute atomic E-state index is 0.212. The fourth-order valence-corrected chi connectivity index (χ4v) is 2.70. The molecular formula is C17H26N2O2. The average Bonchev–Trinajstić information content (AvgIpc) is 2.53. The van der Waals surface area contributed by atoms with E-state index in [1.165, 1.54) is 6.42 Å². The van der Waals surface area contributed by atoms with Gasteiger partial charge in [0, 0.05) is 31.8 Å². The molecule has 0 radical (unpaired) electrons. The minimum atomic E-state index is 0.212. The second-order valence-electron chi connectivity index (χ2n) is 5.68. The van der Waals surface area contributed by atoms with Gasteiger partial charge >= 0.3 is 0 Å². The Balaban J connectivity index is 1.81. The third-order valence-electron chi connectivity index (χ3n) is 4.04. The lowest BCUT2D eigenvalue weighted by Gasteiger charge is -2.25. The lowest BCUT2D eigenvalue weighted by Crippen LogP contribution is -2.31. The van der Waals surface area contributed by atoms with Crippen molar-refractivity contribution in [1.29, 1.82) is 0 Å². The summed E-state index contributed by atoms with van der Waals surface area (Å²) in [4.78, 5) is 14.2. The second-order valence-corrected chi connectivity index (χ2v) is 5.68. The van der Waals surface area contributed by atoms with Crippen molar-refractivity contribution in [3.05, 3.63) is 29.8 Å². The Morgan fingerprint density at radius 1 is 1.33 bits per heavy atom. The summed E-state index contributed by atoms with van der Waals surface area (Å²) in [6.45, 7) is 4.25. The number of amides is 1. The van der Waals surface area contributed by atoms with E-state index in [2.05, 4.69) is 0 Å². The zero-order chi connectivity index (χ0) is 15.1. The molecule has 21 heavy (non-hydrogen) atoms. The van der Waals surface area contributed by atoms with Gasteiger partial charge in [-0.15, -0.1) is 0 Å². The number of hydrogen-bond acceptors (Lipinski definition) is 3. The Bertz CT molecular complexity index is 439. The van der Waals surface area contributed by atoms with E-state index in [1.54, 1.807) is 0 Å². The van der Waals surface area contributed by atoms with Crippen LogP contribution in [0.2, 0.25) is 0 Å². The molecule has 1 fully saturated rings. The summed E-state index contributed by atoms with van der Waals surface area (Å²) in [7, 11) is 0.